The van der Waals surface area contributed by atoms with Gasteiger partial charge in [0.05, 0.1) is 17.3 Å². The SMILES string of the molecule is Cc1ncc(C(=O)N[C@@H](c2ccccc2)c2cccnc2)c(C)n1. The highest BCUT2D eigenvalue weighted by Crippen LogP contribution is 2.22. The Bertz CT molecular complexity index is 795. The molecule has 2 heterocycles. The van der Waals surface area contributed by atoms with Gasteiger partial charge in [-0.3, -0.25) is 9.78 Å². The third kappa shape index (κ3) is 3.46. The lowest BCUT2D eigenvalue weighted by Gasteiger charge is -2.20. The second-order valence-electron chi connectivity index (χ2n) is 5.52. The van der Waals surface area contributed by atoms with Crippen LogP contribution in [0.3, 0.4) is 0 Å². The van der Waals surface area contributed by atoms with Gasteiger partial charge in [0.1, 0.15) is 5.82 Å². The largest absolute Gasteiger partial charge is 0.341 e. The molecule has 1 atom stereocenters. The molecule has 0 bridgehead atoms. The van der Waals surface area contributed by atoms with Crippen molar-refractivity contribution in [2.24, 2.45) is 0 Å². The zero-order chi connectivity index (χ0) is 16.9. The Morgan fingerprint density at radius 3 is 2.42 bits per heavy atom. The molecule has 1 N–H and O–H groups in total. The second kappa shape index (κ2) is 7.00. The Kier molecular flexibility index (Phi) is 4.61. The molecule has 120 valence electrons. The molecule has 0 aliphatic heterocycles. The van der Waals surface area contributed by atoms with Gasteiger partial charge in [-0.15, -0.1) is 0 Å². The van der Waals surface area contributed by atoms with Gasteiger partial charge in [-0.05, 0) is 31.0 Å². The van der Waals surface area contributed by atoms with Crippen LogP contribution in [-0.4, -0.2) is 20.9 Å². The minimum absolute atomic E-state index is 0.204. The molecule has 0 saturated heterocycles. The van der Waals surface area contributed by atoms with Gasteiger partial charge in [0.2, 0.25) is 0 Å². The fraction of sp³-hybridized carbons (Fsp3) is 0.158. The van der Waals surface area contributed by atoms with Gasteiger partial charge in [-0.1, -0.05) is 36.4 Å². The number of aryl methyl sites for hydroxylation is 2. The van der Waals surface area contributed by atoms with E-state index in [1.54, 1.807) is 25.5 Å². The van der Waals surface area contributed by atoms with E-state index < -0.39 is 0 Å². The van der Waals surface area contributed by atoms with E-state index in [1.165, 1.54) is 0 Å². The zero-order valence-corrected chi connectivity index (χ0v) is 13.6. The third-order valence-corrected chi connectivity index (χ3v) is 3.77. The van der Waals surface area contributed by atoms with E-state index in [9.17, 15) is 4.79 Å². The van der Waals surface area contributed by atoms with E-state index in [4.69, 9.17) is 0 Å². The molecule has 5 heteroatoms. The predicted octanol–water partition coefficient (Wildman–Crippen LogP) is 3.01. The lowest BCUT2D eigenvalue weighted by atomic mass is 9.99. The number of hydrogen-bond donors (Lipinski definition) is 1. The lowest BCUT2D eigenvalue weighted by Crippen LogP contribution is -2.30. The monoisotopic (exact) mass is 318 g/mol. The normalized spacial score (nSPS) is 11.8. The number of benzene rings is 1. The van der Waals surface area contributed by atoms with Crippen molar-refractivity contribution < 1.29 is 4.79 Å². The summed E-state index contributed by atoms with van der Waals surface area (Å²) >= 11 is 0. The third-order valence-electron chi connectivity index (χ3n) is 3.77. The van der Waals surface area contributed by atoms with E-state index in [1.807, 2.05) is 49.4 Å². The minimum atomic E-state index is -0.284. The molecule has 5 nitrogen and oxygen atoms in total. The average molecular weight is 318 g/mol. The zero-order valence-electron chi connectivity index (χ0n) is 13.6. The summed E-state index contributed by atoms with van der Waals surface area (Å²) in [4.78, 5) is 25.3. The number of amides is 1. The van der Waals surface area contributed by atoms with Crippen molar-refractivity contribution in [2.45, 2.75) is 19.9 Å². The number of nitrogens with one attached hydrogen (secondary N) is 1. The van der Waals surface area contributed by atoms with Crippen LogP contribution in [0, 0.1) is 13.8 Å². The Hall–Kier alpha value is -3.08. The Balaban J connectivity index is 1.94. The highest BCUT2D eigenvalue weighted by molar-refractivity contribution is 5.95. The number of aromatic nitrogens is 3. The Labute approximate surface area is 140 Å². The smallest absolute Gasteiger partial charge is 0.255 e. The number of rotatable bonds is 4. The predicted molar refractivity (Wildman–Crippen MR) is 91.5 cm³/mol. The van der Waals surface area contributed by atoms with Crippen LogP contribution >= 0.6 is 0 Å². The molecule has 0 unspecified atom stereocenters. The Morgan fingerprint density at radius 1 is 1.00 bits per heavy atom. The van der Waals surface area contributed by atoms with E-state index in [0.29, 0.717) is 17.1 Å². The molecule has 0 radical (unpaired) electrons. The molecule has 1 aromatic carbocycles. The van der Waals surface area contributed by atoms with Crippen LogP contribution in [0.5, 0.6) is 0 Å². The Morgan fingerprint density at radius 2 is 1.75 bits per heavy atom. The molecule has 0 aliphatic rings. The standard InChI is InChI=1S/C19H18N4O/c1-13-17(12-21-14(2)22-13)19(24)23-18(15-7-4-3-5-8-15)16-9-6-10-20-11-16/h3-12,18H,1-2H3,(H,23,24)/t18-/m0/s1. The molecule has 24 heavy (non-hydrogen) atoms. The first-order valence-corrected chi connectivity index (χ1v) is 7.71. The summed E-state index contributed by atoms with van der Waals surface area (Å²) in [6, 6.07) is 13.3. The van der Waals surface area contributed by atoms with Crippen LogP contribution in [0.4, 0.5) is 0 Å². The van der Waals surface area contributed by atoms with Crippen LogP contribution in [0.2, 0.25) is 0 Å². The summed E-state index contributed by atoms with van der Waals surface area (Å²) in [5.41, 5.74) is 3.05. The average Bonchev–Trinajstić information content (AvgIpc) is 2.61. The van der Waals surface area contributed by atoms with Gasteiger partial charge in [0.25, 0.3) is 5.91 Å². The van der Waals surface area contributed by atoms with Gasteiger partial charge in [0, 0.05) is 18.6 Å². The summed E-state index contributed by atoms with van der Waals surface area (Å²) in [5, 5.41) is 3.07. The summed E-state index contributed by atoms with van der Waals surface area (Å²) < 4.78 is 0. The summed E-state index contributed by atoms with van der Waals surface area (Å²) in [6.07, 6.45) is 5.04. The van der Waals surface area contributed by atoms with E-state index in [2.05, 4.69) is 20.3 Å². The summed E-state index contributed by atoms with van der Waals surface area (Å²) in [5.74, 6) is 0.445. The fourth-order valence-electron chi connectivity index (χ4n) is 2.57. The van der Waals surface area contributed by atoms with Crippen molar-refractivity contribution in [3.05, 3.63) is 89.3 Å². The molecular formula is C19H18N4O. The first-order chi connectivity index (χ1) is 11.6. The molecule has 1 amide bonds. The maximum absolute atomic E-state index is 12.7. The highest BCUT2D eigenvalue weighted by Gasteiger charge is 2.19. The van der Waals surface area contributed by atoms with Gasteiger partial charge < -0.3 is 5.32 Å². The van der Waals surface area contributed by atoms with E-state index in [-0.39, 0.29) is 11.9 Å². The van der Waals surface area contributed by atoms with E-state index >= 15 is 0 Å². The molecule has 0 spiro atoms. The fourth-order valence-corrected chi connectivity index (χ4v) is 2.57. The molecule has 0 saturated carbocycles. The minimum Gasteiger partial charge on any atom is -0.341 e. The topological polar surface area (TPSA) is 67.8 Å². The van der Waals surface area contributed by atoms with Crippen molar-refractivity contribution in [1.82, 2.24) is 20.3 Å². The van der Waals surface area contributed by atoms with Crippen molar-refractivity contribution >= 4 is 5.91 Å². The lowest BCUT2D eigenvalue weighted by molar-refractivity contribution is 0.0941. The van der Waals surface area contributed by atoms with Crippen molar-refractivity contribution in [2.75, 3.05) is 0 Å². The molecule has 3 rings (SSSR count). The van der Waals surface area contributed by atoms with Gasteiger partial charge in [0.15, 0.2) is 0 Å². The van der Waals surface area contributed by atoms with Crippen LogP contribution < -0.4 is 5.32 Å². The molecule has 3 aromatic rings. The van der Waals surface area contributed by atoms with Crippen LogP contribution in [0.1, 0.15) is 39.0 Å². The first kappa shape index (κ1) is 15.8. The van der Waals surface area contributed by atoms with Crippen LogP contribution in [-0.2, 0) is 0 Å². The highest BCUT2D eigenvalue weighted by atomic mass is 16.1. The van der Waals surface area contributed by atoms with Crippen molar-refractivity contribution in [3.63, 3.8) is 0 Å². The maximum Gasteiger partial charge on any atom is 0.255 e. The quantitative estimate of drug-likeness (QED) is 0.803. The number of nitrogens with zero attached hydrogens (tertiary/aromatic N) is 3. The van der Waals surface area contributed by atoms with Gasteiger partial charge >= 0.3 is 0 Å². The molecule has 2 aromatic heterocycles. The first-order valence-electron chi connectivity index (χ1n) is 7.71. The van der Waals surface area contributed by atoms with Crippen molar-refractivity contribution in [3.8, 4) is 0 Å². The maximum atomic E-state index is 12.7. The second-order valence-corrected chi connectivity index (χ2v) is 5.52. The van der Waals surface area contributed by atoms with E-state index in [0.717, 1.165) is 11.1 Å². The van der Waals surface area contributed by atoms with Crippen LogP contribution in [0.15, 0.2) is 61.1 Å². The van der Waals surface area contributed by atoms with Crippen molar-refractivity contribution in [1.29, 1.82) is 0 Å². The summed E-state index contributed by atoms with van der Waals surface area (Å²) in [6.45, 7) is 3.61. The number of pyridine rings is 1. The number of hydrogen-bond acceptors (Lipinski definition) is 4. The number of carbonyl (C=O) groups is 1. The molecular weight excluding hydrogens is 300 g/mol. The van der Waals surface area contributed by atoms with Crippen LogP contribution in [0.25, 0.3) is 0 Å². The number of carbonyl (C=O) groups excluding carboxylic acids is 1. The molecule has 0 aliphatic carbocycles. The summed E-state index contributed by atoms with van der Waals surface area (Å²) in [7, 11) is 0. The molecule has 0 fully saturated rings. The van der Waals surface area contributed by atoms with Gasteiger partial charge in [-0.2, -0.15) is 0 Å². The van der Waals surface area contributed by atoms with Gasteiger partial charge in [-0.25, -0.2) is 9.97 Å².